The van der Waals surface area contributed by atoms with Crippen LogP contribution in [-0.2, 0) is 0 Å². The van der Waals surface area contributed by atoms with Crippen LogP contribution in [0.1, 0.15) is 17.4 Å². The summed E-state index contributed by atoms with van der Waals surface area (Å²) in [6.07, 6.45) is 4.29. The minimum Gasteiger partial charge on any atom is -0.293 e. The molecule has 15 heavy (non-hydrogen) atoms. The summed E-state index contributed by atoms with van der Waals surface area (Å²) in [5.74, 6) is -0.479. The first kappa shape index (κ1) is 9.51. The lowest BCUT2D eigenvalue weighted by molar-refractivity contribution is 0.101. The van der Waals surface area contributed by atoms with Gasteiger partial charge in [0.2, 0.25) is 0 Å². The van der Waals surface area contributed by atoms with E-state index in [1.165, 1.54) is 42.3 Å². The van der Waals surface area contributed by atoms with Crippen molar-refractivity contribution in [1.82, 2.24) is 14.5 Å². The highest BCUT2D eigenvalue weighted by Crippen LogP contribution is 2.09. The van der Waals surface area contributed by atoms with E-state index in [4.69, 9.17) is 0 Å². The SMILES string of the molecule is CC(=O)c1cn(-c2ncccc2F)cn1. The number of hydrogen-bond acceptors (Lipinski definition) is 3. The van der Waals surface area contributed by atoms with Crippen molar-refractivity contribution in [3.05, 3.63) is 42.4 Å². The molecular weight excluding hydrogens is 197 g/mol. The van der Waals surface area contributed by atoms with Gasteiger partial charge < -0.3 is 0 Å². The predicted molar refractivity (Wildman–Crippen MR) is 51.3 cm³/mol. The molecular formula is C10H8FN3O. The van der Waals surface area contributed by atoms with Crippen LogP contribution in [0, 0.1) is 5.82 Å². The summed E-state index contributed by atoms with van der Waals surface area (Å²) in [6.45, 7) is 1.40. The number of halogens is 1. The van der Waals surface area contributed by atoms with Gasteiger partial charge in [0.05, 0.1) is 0 Å². The Morgan fingerprint density at radius 2 is 2.27 bits per heavy atom. The fourth-order valence-electron chi connectivity index (χ4n) is 1.19. The van der Waals surface area contributed by atoms with Crippen LogP contribution >= 0.6 is 0 Å². The molecule has 2 rings (SSSR count). The maximum atomic E-state index is 13.3. The first-order chi connectivity index (χ1) is 7.18. The van der Waals surface area contributed by atoms with Gasteiger partial charge in [0.1, 0.15) is 12.0 Å². The molecule has 2 aromatic heterocycles. The summed E-state index contributed by atoms with van der Waals surface area (Å²) in [7, 11) is 0. The quantitative estimate of drug-likeness (QED) is 0.700. The van der Waals surface area contributed by atoms with Gasteiger partial charge in [-0.1, -0.05) is 0 Å². The summed E-state index contributed by atoms with van der Waals surface area (Å²) in [5, 5.41) is 0. The van der Waals surface area contributed by atoms with E-state index in [1.54, 1.807) is 0 Å². The van der Waals surface area contributed by atoms with Gasteiger partial charge in [-0.15, -0.1) is 0 Å². The second kappa shape index (κ2) is 3.61. The Bertz CT molecular complexity index is 507. The van der Waals surface area contributed by atoms with Crippen LogP contribution in [0.2, 0.25) is 0 Å². The fourth-order valence-corrected chi connectivity index (χ4v) is 1.19. The Morgan fingerprint density at radius 3 is 2.87 bits per heavy atom. The molecule has 2 heterocycles. The first-order valence-electron chi connectivity index (χ1n) is 4.34. The zero-order valence-electron chi connectivity index (χ0n) is 8.01. The Kier molecular flexibility index (Phi) is 2.29. The molecule has 2 aromatic rings. The summed E-state index contributed by atoms with van der Waals surface area (Å²) in [5.41, 5.74) is 0.292. The highest BCUT2D eigenvalue weighted by Gasteiger charge is 2.08. The maximum Gasteiger partial charge on any atom is 0.179 e. The number of ketones is 1. The van der Waals surface area contributed by atoms with Crippen molar-refractivity contribution in [3.63, 3.8) is 0 Å². The van der Waals surface area contributed by atoms with E-state index in [0.29, 0.717) is 5.69 Å². The molecule has 0 N–H and O–H groups in total. The number of hydrogen-bond donors (Lipinski definition) is 0. The molecule has 0 atom stereocenters. The van der Waals surface area contributed by atoms with E-state index < -0.39 is 5.82 Å². The highest BCUT2D eigenvalue weighted by molar-refractivity contribution is 5.91. The van der Waals surface area contributed by atoms with E-state index in [1.807, 2.05) is 0 Å². The number of pyridine rings is 1. The minimum atomic E-state index is -0.454. The molecule has 0 bridgehead atoms. The summed E-state index contributed by atoms with van der Waals surface area (Å²) in [6, 6.07) is 2.80. The number of aromatic nitrogens is 3. The lowest BCUT2D eigenvalue weighted by Crippen LogP contribution is -1.98. The molecule has 76 valence electrons. The number of nitrogens with zero attached hydrogens (tertiary/aromatic N) is 3. The van der Waals surface area contributed by atoms with Crippen molar-refractivity contribution >= 4 is 5.78 Å². The van der Waals surface area contributed by atoms with E-state index in [9.17, 15) is 9.18 Å². The average molecular weight is 205 g/mol. The second-order valence-corrected chi connectivity index (χ2v) is 3.03. The van der Waals surface area contributed by atoms with Crippen molar-refractivity contribution in [2.75, 3.05) is 0 Å². The maximum absolute atomic E-state index is 13.3. The van der Waals surface area contributed by atoms with Crippen molar-refractivity contribution < 1.29 is 9.18 Å². The molecule has 0 spiro atoms. The van der Waals surface area contributed by atoms with Crippen molar-refractivity contribution in [2.45, 2.75) is 6.92 Å². The van der Waals surface area contributed by atoms with Gasteiger partial charge in [-0.3, -0.25) is 9.36 Å². The Balaban J connectivity index is 2.46. The molecule has 4 nitrogen and oxygen atoms in total. The van der Waals surface area contributed by atoms with Gasteiger partial charge in [-0.25, -0.2) is 14.4 Å². The number of imidazole rings is 1. The van der Waals surface area contributed by atoms with Crippen LogP contribution in [0.3, 0.4) is 0 Å². The standard InChI is InChI=1S/C10H8FN3O/c1-7(15)9-5-14(6-13-9)10-8(11)3-2-4-12-10/h2-6H,1H3. The molecule has 0 saturated heterocycles. The number of carbonyl (C=O) groups excluding carboxylic acids is 1. The van der Waals surface area contributed by atoms with Crippen LogP contribution in [0.5, 0.6) is 0 Å². The van der Waals surface area contributed by atoms with Crippen LogP contribution in [-0.4, -0.2) is 20.3 Å². The van der Waals surface area contributed by atoms with Crippen LogP contribution in [0.4, 0.5) is 4.39 Å². The van der Waals surface area contributed by atoms with Crippen LogP contribution < -0.4 is 0 Å². The zero-order valence-corrected chi connectivity index (χ0v) is 8.01. The van der Waals surface area contributed by atoms with Gasteiger partial charge in [0.25, 0.3) is 0 Å². The third kappa shape index (κ3) is 1.76. The Labute approximate surface area is 85.4 Å². The van der Waals surface area contributed by atoms with Crippen molar-refractivity contribution in [2.24, 2.45) is 0 Å². The van der Waals surface area contributed by atoms with E-state index in [0.717, 1.165) is 0 Å². The normalized spacial score (nSPS) is 10.3. The second-order valence-electron chi connectivity index (χ2n) is 3.03. The highest BCUT2D eigenvalue weighted by atomic mass is 19.1. The molecule has 0 unspecified atom stereocenters. The molecule has 0 aliphatic carbocycles. The van der Waals surface area contributed by atoms with Gasteiger partial charge in [0, 0.05) is 19.3 Å². The van der Waals surface area contributed by atoms with Crippen LogP contribution in [0.15, 0.2) is 30.9 Å². The molecule has 0 aliphatic rings. The first-order valence-corrected chi connectivity index (χ1v) is 4.34. The molecule has 0 aromatic carbocycles. The Morgan fingerprint density at radius 1 is 1.47 bits per heavy atom. The number of rotatable bonds is 2. The number of carbonyl (C=O) groups is 1. The molecule has 0 fully saturated rings. The smallest absolute Gasteiger partial charge is 0.179 e. The van der Waals surface area contributed by atoms with Crippen molar-refractivity contribution in [3.8, 4) is 5.82 Å². The largest absolute Gasteiger partial charge is 0.293 e. The summed E-state index contributed by atoms with van der Waals surface area (Å²) >= 11 is 0. The zero-order chi connectivity index (χ0) is 10.8. The average Bonchev–Trinajstić information content (AvgIpc) is 2.67. The molecule has 5 heteroatoms. The Hall–Kier alpha value is -2.04. The molecule has 0 aliphatic heterocycles. The van der Waals surface area contributed by atoms with Gasteiger partial charge in [0.15, 0.2) is 17.4 Å². The van der Waals surface area contributed by atoms with E-state index >= 15 is 0 Å². The lowest BCUT2D eigenvalue weighted by Gasteiger charge is -2.00. The minimum absolute atomic E-state index is 0.137. The van der Waals surface area contributed by atoms with Gasteiger partial charge in [-0.05, 0) is 12.1 Å². The van der Waals surface area contributed by atoms with E-state index in [2.05, 4.69) is 9.97 Å². The van der Waals surface area contributed by atoms with Crippen molar-refractivity contribution in [1.29, 1.82) is 0 Å². The van der Waals surface area contributed by atoms with Gasteiger partial charge >= 0.3 is 0 Å². The third-order valence-electron chi connectivity index (χ3n) is 1.93. The third-order valence-corrected chi connectivity index (χ3v) is 1.93. The monoisotopic (exact) mass is 205 g/mol. The van der Waals surface area contributed by atoms with E-state index in [-0.39, 0.29) is 11.6 Å². The van der Waals surface area contributed by atoms with Gasteiger partial charge in [-0.2, -0.15) is 0 Å². The summed E-state index contributed by atoms with van der Waals surface area (Å²) < 4.78 is 14.7. The molecule has 0 amide bonds. The summed E-state index contributed by atoms with van der Waals surface area (Å²) in [4.78, 5) is 18.7. The lowest BCUT2D eigenvalue weighted by atomic mass is 10.3. The fraction of sp³-hybridized carbons (Fsp3) is 0.100. The predicted octanol–water partition coefficient (Wildman–Crippen LogP) is 1.61. The van der Waals surface area contributed by atoms with Crippen LogP contribution in [0.25, 0.3) is 5.82 Å². The molecule has 0 saturated carbocycles. The molecule has 0 radical (unpaired) electrons. The topological polar surface area (TPSA) is 47.8 Å². The number of Topliss-reactive ketones (excluding diaryl/α,β-unsaturated/α-hetero) is 1.